The maximum Gasteiger partial charge on any atom is 0.410 e. The van der Waals surface area contributed by atoms with E-state index in [1.54, 1.807) is 40.1 Å². The second kappa shape index (κ2) is 17.0. The Morgan fingerprint density at radius 3 is 1.90 bits per heavy atom. The molecule has 264 valence electrons. The molecule has 2 saturated heterocycles. The normalized spacial score (nSPS) is 15.2. The highest BCUT2D eigenvalue weighted by Gasteiger charge is 2.47. The molecule has 2 amide bonds. The monoisotopic (exact) mass is 674 g/mol. The Morgan fingerprint density at radius 2 is 1.38 bits per heavy atom. The third-order valence-corrected chi connectivity index (χ3v) is 7.40. The van der Waals surface area contributed by atoms with Crippen molar-refractivity contribution < 1.29 is 57.1 Å². The minimum Gasteiger partial charge on any atom is -0.467 e. The molecule has 14 heteroatoms. The molecule has 2 aromatic carbocycles. The fourth-order valence-electron chi connectivity index (χ4n) is 5.05. The molecule has 0 atom stereocenters. The number of esters is 2. The number of amides is 2. The van der Waals surface area contributed by atoms with Gasteiger partial charge in [-0.25, -0.2) is 19.2 Å². The van der Waals surface area contributed by atoms with Crippen molar-refractivity contribution in [2.24, 2.45) is 0 Å². The van der Waals surface area contributed by atoms with Crippen LogP contribution in [0.5, 0.6) is 11.5 Å². The molecular weight excluding hydrogens is 628 g/mol. The molecule has 0 bridgehead atoms. The average Bonchev–Trinajstić information content (AvgIpc) is 3.34. The number of ether oxygens (including phenoxy) is 8. The summed E-state index contributed by atoms with van der Waals surface area (Å²) < 4.78 is 41.1. The van der Waals surface area contributed by atoms with Gasteiger partial charge in [0.2, 0.25) is 0 Å². The van der Waals surface area contributed by atoms with Crippen LogP contribution in [0, 0.1) is 6.92 Å². The number of carbonyl (C=O) groups excluding carboxylic acids is 4. The molecule has 2 aliphatic rings. The Labute approximate surface area is 281 Å². The van der Waals surface area contributed by atoms with E-state index in [0.717, 1.165) is 11.1 Å². The van der Waals surface area contributed by atoms with Gasteiger partial charge in [-0.3, -0.25) is 4.90 Å². The van der Waals surface area contributed by atoms with Gasteiger partial charge < -0.3 is 42.8 Å². The standard InChI is InChI=1S/C23H32N2O8.C11H14O4/c1-22(2,3)32-20(27)24-10-8-23(9-11-24)14-25(21(28)33-23)13-16-6-7-17(19(26)30-5)18(12-16)31-15-29-4;1-8-4-5-9(11(12)14-3)10(6-8)15-7-13-2/h6-7,12H,8-11,13-15H2,1-5H3;4-6H,7H2,1-3H3. The van der Waals surface area contributed by atoms with Crippen LogP contribution in [0.25, 0.3) is 0 Å². The van der Waals surface area contributed by atoms with Crippen molar-refractivity contribution in [3.8, 4) is 11.5 Å². The molecule has 0 aliphatic carbocycles. The predicted octanol–water partition coefficient (Wildman–Crippen LogP) is 4.94. The molecule has 2 heterocycles. The molecule has 0 radical (unpaired) electrons. The quantitative estimate of drug-likeness (QED) is 0.191. The van der Waals surface area contributed by atoms with Crippen LogP contribution in [0.1, 0.15) is 65.5 Å². The molecule has 14 nitrogen and oxygen atoms in total. The number of piperidine rings is 1. The molecule has 0 N–H and O–H groups in total. The second-order valence-corrected chi connectivity index (χ2v) is 12.3. The van der Waals surface area contributed by atoms with Crippen LogP contribution >= 0.6 is 0 Å². The van der Waals surface area contributed by atoms with E-state index in [4.69, 9.17) is 33.2 Å². The SMILES string of the molecule is COCOc1cc(C)ccc1C(=O)OC.COCOc1cc(CN2CC3(CCN(C(=O)OC(C)(C)C)CC3)OC2=O)ccc1C(=O)OC. The third-order valence-electron chi connectivity index (χ3n) is 7.40. The maximum absolute atomic E-state index is 12.6. The van der Waals surface area contributed by atoms with Gasteiger partial charge in [0.25, 0.3) is 0 Å². The topological polar surface area (TPSA) is 149 Å². The molecule has 0 saturated carbocycles. The number of hydrogen-bond acceptors (Lipinski definition) is 12. The van der Waals surface area contributed by atoms with E-state index in [1.165, 1.54) is 28.4 Å². The van der Waals surface area contributed by atoms with E-state index in [9.17, 15) is 19.2 Å². The van der Waals surface area contributed by atoms with Crippen molar-refractivity contribution in [2.45, 2.75) is 58.3 Å². The lowest BCUT2D eigenvalue weighted by Gasteiger charge is -2.37. The first kappa shape index (κ1) is 37.9. The Balaban J connectivity index is 0.000000348. The van der Waals surface area contributed by atoms with E-state index in [1.807, 2.05) is 33.8 Å². The number of nitrogens with zero attached hydrogens (tertiary/aromatic N) is 2. The number of hydrogen-bond donors (Lipinski definition) is 0. The lowest BCUT2D eigenvalue weighted by molar-refractivity contribution is -0.0170. The summed E-state index contributed by atoms with van der Waals surface area (Å²) in [6.07, 6.45) is 0.320. The van der Waals surface area contributed by atoms with Crippen molar-refractivity contribution in [3.63, 3.8) is 0 Å². The van der Waals surface area contributed by atoms with Crippen LogP contribution in [-0.2, 0) is 35.0 Å². The number of likely N-dealkylation sites (tertiary alicyclic amines) is 1. The first-order chi connectivity index (χ1) is 22.7. The molecule has 1 spiro atoms. The average molecular weight is 675 g/mol. The van der Waals surface area contributed by atoms with Crippen LogP contribution < -0.4 is 9.47 Å². The molecule has 2 aromatic rings. The highest BCUT2D eigenvalue weighted by molar-refractivity contribution is 5.93. The first-order valence-electron chi connectivity index (χ1n) is 15.3. The third kappa shape index (κ3) is 10.5. The summed E-state index contributed by atoms with van der Waals surface area (Å²) in [5.74, 6) is -0.150. The summed E-state index contributed by atoms with van der Waals surface area (Å²) in [5.41, 5.74) is 1.27. The van der Waals surface area contributed by atoms with E-state index in [-0.39, 0.29) is 25.2 Å². The maximum atomic E-state index is 12.6. The molecule has 4 rings (SSSR count). The van der Waals surface area contributed by atoms with Crippen LogP contribution in [-0.4, -0.2) is 107 Å². The highest BCUT2D eigenvalue weighted by Crippen LogP contribution is 2.35. The zero-order chi connectivity index (χ0) is 35.5. The summed E-state index contributed by atoms with van der Waals surface area (Å²) in [4.78, 5) is 51.6. The van der Waals surface area contributed by atoms with Gasteiger partial charge in [-0.15, -0.1) is 0 Å². The lowest BCUT2D eigenvalue weighted by atomic mass is 9.91. The summed E-state index contributed by atoms with van der Waals surface area (Å²) in [5, 5.41) is 0. The number of aryl methyl sites for hydroxylation is 1. The number of benzene rings is 2. The molecular formula is C34H46N2O12. The van der Waals surface area contributed by atoms with Crippen molar-refractivity contribution in [1.29, 1.82) is 0 Å². The fourth-order valence-corrected chi connectivity index (χ4v) is 5.05. The molecule has 0 aromatic heterocycles. The zero-order valence-electron chi connectivity index (χ0n) is 28.9. The van der Waals surface area contributed by atoms with E-state index < -0.39 is 29.2 Å². The molecule has 0 unspecified atom stereocenters. The predicted molar refractivity (Wildman–Crippen MR) is 172 cm³/mol. The van der Waals surface area contributed by atoms with E-state index in [2.05, 4.69) is 4.74 Å². The lowest BCUT2D eigenvalue weighted by Crippen LogP contribution is -2.49. The number of methoxy groups -OCH3 is 4. The van der Waals surface area contributed by atoms with Gasteiger partial charge in [-0.05, 0) is 63.1 Å². The van der Waals surface area contributed by atoms with Gasteiger partial charge in [0, 0.05) is 46.7 Å². The van der Waals surface area contributed by atoms with Crippen molar-refractivity contribution in [3.05, 3.63) is 58.7 Å². The minimum atomic E-state index is -0.628. The minimum absolute atomic E-state index is 0.0313. The Morgan fingerprint density at radius 1 is 0.833 bits per heavy atom. The number of rotatable bonds is 10. The summed E-state index contributed by atoms with van der Waals surface area (Å²) >= 11 is 0. The van der Waals surface area contributed by atoms with Gasteiger partial charge in [0.05, 0.1) is 20.8 Å². The van der Waals surface area contributed by atoms with Gasteiger partial charge in [-0.1, -0.05) is 12.1 Å². The van der Waals surface area contributed by atoms with E-state index >= 15 is 0 Å². The molecule has 2 fully saturated rings. The Hall–Kier alpha value is -4.56. The van der Waals surface area contributed by atoms with Crippen molar-refractivity contribution in [1.82, 2.24) is 9.80 Å². The van der Waals surface area contributed by atoms with Gasteiger partial charge in [0.1, 0.15) is 33.8 Å². The van der Waals surface area contributed by atoms with Crippen LogP contribution in [0.3, 0.4) is 0 Å². The summed E-state index contributed by atoms with van der Waals surface area (Å²) in [7, 11) is 5.63. The second-order valence-electron chi connectivity index (χ2n) is 12.3. The van der Waals surface area contributed by atoms with Gasteiger partial charge in [0.15, 0.2) is 13.6 Å². The Kier molecular flexibility index (Phi) is 13.4. The largest absolute Gasteiger partial charge is 0.467 e. The highest BCUT2D eigenvalue weighted by atomic mass is 16.7. The van der Waals surface area contributed by atoms with Crippen molar-refractivity contribution in [2.75, 3.05) is 61.7 Å². The molecule has 48 heavy (non-hydrogen) atoms. The molecule has 2 aliphatic heterocycles. The van der Waals surface area contributed by atoms with Crippen molar-refractivity contribution >= 4 is 24.1 Å². The zero-order valence-corrected chi connectivity index (χ0v) is 28.9. The van der Waals surface area contributed by atoms with Crippen LogP contribution in [0.15, 0.2) is 36.4 Å². The van der Waals surface area contributed by atoms with Gasteiger partial charge in [-0.2, -0.15) is 0 Å². The first-order valence-corrected chi connectivity index (χ1v) is 15.3. The van der Waals surface area contributed by atoms with E-state index in [0.29, 0.717) is 56.1 Å². The van der Waals surface area contributed by atoms with Gasteiger partial charge >= 0.3 is 24.1 Å². The summed E-state index contributed by atoms with van der Waals surface area (Å²) in [6, 6.07) is 10.3. The Bertz CT molecular complexity index is 1430. The fraction of sp³-hybridized carbons (Fsp3) is 0.529. The number of carbonyl (C=O) groups is 4. The van der Waals surface area contributed by atoms with Crippen LogP contribution in [0.4, 0.5) is 9.59 Å². The smallest absolute Gasteiger partial charge is 0.410 e. The summed E-state index contributed by atoms with van der Waals surface area (Å²) in [6.45, 7) is 9.10. The van der Waals surface area contributed by atoms with Crippen LogP contribution in [0.2, 0.25) is 0 Å².